The average Bonchev–Trinajstić information content (AvgIpc) is 0.714. The van der Waals surface area contributed by atoms with Gasteiger partial charge in [-0.2, -0.15) is 0 Å². The maximum Gasteiger partial charge on any atom is 0.303 e. The molecule has 4 unspecified atom stereocenters. The van der Waals surface area contributed by atoms with Crippen molar-refractivity contribution in [3.63, 3.8) is 0 Å². The number of rotatable bonds is 6. The van der Waals surface area contributed by atoms with Gasteiger partial charge in [0.05, 0.1) is 12.8 Å². The third-order valence-corrected chi connectivity index (χ3v) is 25.5. The SMILES string of the molecule is O=C(O)CC12C[C@H]3C[C@@H](C1)CC(c1cc4c5c(c1)Cc1cccc6c1OCCOc1c7cccc1Cc1cccc8c1OCCOc1c(cc(C9%10C[C@@H]%11C[C@@H](CC(CC(=O)O)(C%11)C9)C%10)cc1C6)Cc1cccc(c1OCCOc1c(cccc1C8)Cc1cccc(c1OCCO5)C7)C4)(C3)C2. The molecule has 100 heavy (non-hydrogen) atoms. The van der Waals surface area contributed by atoms with Crippen LogP contribution in [0.15, 0.2) is 133 Å². The van der Waals surface area contributed by atoms with Gasteiger partial charge in [0.1, 0.15) is 98.9 Å². The van der Waals surface area contributed by atoms with Gasteiger partial charge in [-0.1, -0.05) is 133 Å². The lowest BCUT2D eigenvalue weighted by molar-refractivity contribution is -0.148. The van der Waals surface area contributed by atoms with Gasteiger partial charge in [0.15, 0.2) is 0 Å². The van der Waals surface area contributed by atoms with Gasteiger partial charge >= 0.3 is 11.9 Å². The van der Waals surface area contributed by atoms with E-state index in [0.29, 0.717) is 75.0 Å². The number of para-hydroxylation sites is 6. The van der Waals surface area contributed by atoms with Crippen LogP contribution < -0.4 is 37.9 Å². The number of hydrogen-bond donors (Lipinski definition) is 2. The maximum absolute atomic E-state index is 13.0. The monoisotopic (exact) mass is 1340 g/mol. The molecule has 0 spiro atoms. The Morgan fingerprint density at radius 3 is 0.680 bits per heavy atom. The molecular weight excluding hydrogens is 1250 g/mol. The van der Waals surface area contributed by atoms with Gasteiger partial charge in [0, 0.05) is 51.4 Å². The Kier molecular flexibility index (Phi) is 15.2. The Bertz CT molecular complexity index is 4140. The molecule has 0 aromatic heterocycles. The van der Waals surface area contributed by atoms with Gasteiger partial charge in [-0.15, -0.1) is 0 Å². The fraction of sp³-hybridized carbons (Fsp3) is 0.432. The second kappa shape index (κ2) is 24.4. The molecule has 14 aliphatic rings. The van der Waals surface area contributed by atoms with Crippen LogP contribution >= 0.6 is 0 Å². The molecule has 10 aliphatic carbocycles. The highest BCUT2D eigenvalue weighted by Gasteiger charge is 2.60. The van der Waals surface area contributed by atoms with Gasteiger partial charge in [0.25, 0.3) is 0 Å². The van der Waals surface area contributed by atoms with Gasteiger partial charge in [-0.3, -0.25) is 9.59 Å². The van der Waals surface area contributed by atoms with Crippen molar-refractivity contribution in [2.45, 2.75) is 152 Å². The standard InChI is InChI=1S/C88H88O12/c89-75(90)49-85-41-53-27-54(42-85)46-87(45-53,51-85)73-37-69-33-65-15-5-16-66-34-70-38-74(88-47-55-28-56(48-88)44-86(43-55,52-88)50-76(91)92)40-72-36-68-18-6-17-67-35-71(39-73)83(69)99-25-23-95-79-61-11-3-13-63(79)31-59-9-2-10-60(78(59)94-20-22-98-82(67)68)32-64-14-4-12-62(80(64)96-24-26-100-84(70)72)30-58-8-1-7-57(29-61)77(58)93-19-21-97-81(65)66/h1-18,37-40,53-56H,19-36,41-52H2,(H,89,90)(H,91,92)/t53-,54+,55-,56+,85?,86?,87?,88?. The molecule has 8 fully saturated rings. The van der Waals surface area contributed by atoms with Crippen LogP contribution in [0.4, 0.5) is 0 Å². The van der Waals surface area contributed by atoms with Crippen molar-refractivity contribution in [3.8, 4) is 46.0 Å². The fourth-order valence-electron chi connectivity index (χ4n) is 23.1. The maximum atomic E-state index is 13.0. The number of carboxylic acid groups (broad SMARTS) is 2. The predicted octanol–water partition coefficient (Wildman–Crippen LogP) is 16.4. The molecule has 12 nitrogen and oxygen atoms in total. The molecule has 8 aromatic carbocycles. The topological polar surface area (TPSA) is 148 Å². The van der Waals surface area contributed by atoms with E-state index < -0.39 is 11.9 Å². The fourth-order valence-corrected chi connectivity index (χ4v) is 23.1. The first-order valence-electron chi connectivity index (χ1n) is 37.3. The molecule has 4 heterocycles. The molecule has 22 rings (SSSR count). The molecule has 0 amide bonds. The summed E-state index contributed by atoms with van der Waals surface area (Å²) in [5.74, 6) is 6.99. The summed E-state index contributed by atoms with van der Waals surface area (Å²) >= 11 is 0. The second-order valence-corrected chi connectivity index (χ2v) is 32.5. The lowest BCUT2D eigenvalue weighted by atomic mass is 9.42. The van der Waals surface area contributed by atoms with E-state index in [1.807, 2.05) is 0 Å². The predicted molar refractivity (Wildman–Crippen MR) is 380 cm³/mol. The molecule has 8 aromatic rings. The first-order chi connectivity index (χ1) is 48.8. The number of carbonyl (C=O) groups is 2. The van der Waals surface area contributed by atoms with Crippen molar-refractivity contribution >= 4 is 11.9 Å². The largest absolute Gasteiger partial charge is 0.489 e. The van der Waals surface area contributed by atoms with Crippen LogP contribution in [-0.2, 0) is 71.8 Å². The summed E-state index contributed by atoms with van der Waals surface area (Å²) in [6, 6.07) is 49.4. The van der Waals surface area contributed by atoms with Gasteiger partial charge in [-0.05, 0) is 223 Å². The molecule has 2 N–H and O–H groups in total. The minimum atomic E-state index is -0.696. The smallest absolute Gasteiger partial charge is 0.303 e. The molecule has 0 saturated heterocycles. The van der Waals surface area contributed by atoms with Crippen LogP contribution in [0.3, 0.4) is 0 Å². The Labute approximate surface area is 585 Å². The van der Waals surface area contributed by atoms with Crippen LogP contribution in [0.25, 0.3) is 0 Å². The van der Waals surface area contributed by atoms with E-state index in [1.54, 1.807) is 0 Å². The molecule has 8 saturated carbocycles. The zero-order valence-corrected chi connectivity index (χ0v) is 57.2. The number of ether oxygens (including phenoxy) is 8. The molecule has 4 aliphatic heterocycles. The van der Waals surface area contributed by atoms with E-state index in [4.69, 9.17) is 37.9 Å². The van der Waals surface area contributed by atoms with E-state index in [-0.39, 0.29) is 87.4 Å². The zero-order valence-electron chi connectivity index (χ0n) is 57.2. The van der Waals surface area contributed by atoms with Crippen molar-refractivity contribution < 1.29 is 57.7 Å². The zero-order chi connectivity index (χ0) is 66.9. The summed E-state index contributed by atoms with van der Waals surface area (Å²) in [5.41, 5.74) is 18.2. The van der Waals surface area contributed by atoms with Crippen molar-refractivity contribution in [1.82, 2.24) is 0 Å². The molecule has 8 atom stereocenters. The third kappa shape index (κ3) is 11.1. The van der Waals surface area contributed by atoms with Crippen molar-refractivity contribution in [2.24, 2.45) is 34.5 Å². The minimum absolute atomic E-state index is 0.202. The molecule has 12 heteroatoms. The Balaban J connectivity index is 0.876. The van der Waals surface area contributed by atoms with E-state index in [1.165, 1.54) is 11.1 Å². The number of fused-ring (bicyclic) bond motifs is 12. The number of aliphatic carboxylic acids is 2. The quantitative estimate of drug-likeness (QED) is 0.163. The van der Waals surface area contributed by atoms with Crippen molar-refractivity contribution in [1.29, 1.82) is 0 Å². The third-order valence-electron chi connectivity index (χ3n) is 25.5. The summed E-state index contributed by atoms with van der Waals surface area (Å²) in [4.78, 5) is 26.0. The highest BCUT2D eigenvalue weighted by Crippen LogP contribution is 2.69. The average molecular weight is 1340 g/mol. The van der Waals surface area contributed by atoms with Crippen LogP contribution in [0.1, 0.15) is 190 Å². The molecule has 32 bridgehead atoms. The van der Waals surface area contributed by atoms with Crippen LogP contribution in [0.2, 0.25) is 0 Å². The molecule has 0 radical (unpaired) electrons. The highest BCUT2D eigenvalue weighted by molar-refractivity contribution is 5.69. The second-order valence-electron chi connectivity index (χ2n) is 32.5. The van der Waals surface area contributed by atoms with Crippen LogP contribution in [-0.4, -0.2) is 75.0 Å². The summed E-state index contributed by atoms with van der Waals surface area (Å²) < 4.78 is 59.5. The normalized spacial score (nSPS) is 27.1. The van der Waals surface area contributed by atoms with Crippen LogP contribution in [0.5, 0.6) is 46.0 Å². The Hall–Kier alpha value is -8.90. The first kappa shape index (κ1) is 62.1. The minimum Gasteiger partial charge on any atom is -0.489 e. The van der Waals surface area contributed by atoms with Gasteiger partial charge < -0.3 is 48.1 Å². The lowest BCUT2D eigenvalue weighted by Crippen LogP contribution is -2.54. The summed E-state index contributed by atoms with van der Waals surface area (Å²) in [6.07, 6.45) is 16.5. The van der Waals surface area contributed by atoms with Crippen LogP contribution in [0, 0.1) is 34.5 Å². The summed E-state index contributed by atoms with van der Waals surface area (Å²) in [7, 11) is 0. The lowest BCUT2D eigenvalue weighted by Gasteiger charge is -2.62. The molecular formula is C88H88O12. The van der Waals surface area contributed by atoms with E-state index in [0.717, 1.165) is 212 Å². The van der Waals surface area contributed by atoms with Crippen molar-refractivity contribution in [3.05, 3.63) is 234 Å². The number of carboxylic acids is 2. The highest BCUT2D eigenvalue weighted by atomic mass is 16.5. The van der Waals surface area contributed by atoms with E-state index in [9.17, 15) is 19.8 Å². The number of benzene rings is 8. The van der Waals surface area contributed by atoms with E-state index >= 15 is 0 Å². The van der Waals surface area contributed by atoms with Gasteiger partial charge in [0.2, 0.25) is 0 Å². The first-order valence-corrected chi connectivity index (χ1v) is 37.3. The van der Waals surface area contributed by atoms with E-state index in [2.05, 4.69) is 133 Å². The summed E-state index contributed by atoms with van der Waals surface area (Å²) in [5, 5.41) is 21.3. The number of hydrogen-bond acceptors (Lipinski definition) is 10. The molecule has 512 valence electrons. The Morgan fingerprint density at radius 2 is 0.480 bits per heavy atom. The Morgan fingerprint density at radius 1 is 0.290 bits per heavy atom. The summed E-state index contributed by atoms with van der Waals surface area (Å²) in [6.45, 7) is 2.07. The van der Waals surface area contributed by atoms with Gasteiger partial charge in [-0.25, -0.2) is 0 Å². The van der Waals surface area contributed by atoms with Crippen molar-refractivity contribution in [2.75, 3.05) is 52.9 Å².